The fourth-order valence-corrected chi connectivity index (χ4v) is 3.01. The van der Waals surface area contributed by atoms with Crippen molar-refractivity contribution in [2.24, 2.45) is 5.92 Å². The van der Waals surface area contributed by atoms with Gasteiger partial charge in [0.25, 0.3) is 0 Å². The van der Waals surface area contributed by atoms with Crippen molar-refractivity contribution in [3.05, 3.63) is 41.5 Å². The minimum absolute atomic E-state index is 0.128. The summed E-state index contributed by atoms with van der Waals surface area (Å²) in [6, 6.07) is 6.86. The van der Waals surface area contributed by atoms with Gasteiger partial charge in [-0.15, -0.1) is 5.10 Å². The number of benzene rings is 1. The van der Waals surface area contributed by atoms with Gasteiger partial charge in [0.15, 0.2) is 0 Å². The summed E-state index contributed by atoms with van der Waals surface area (Å²) in [5.41, 5.74) is 0.971. The number of amides is 1. The third-order valence-corrected chi connectivity index (χ3v) is 4.50. The van der Waals surface area contributed by atoms with Gasteiger partial charge in [0.2, 0.25) is 11.8 Å². The van der Waals surface area contributed by atoms with Gasteiger partial charge in [-0.25, -0.2) is 4.39 Å². The first-order valence-electron chi connectivity index (χ1n) is 8.67. The van der Waals surface area contributed by atoms with E-state index in [2.05, 4.69) is 10.2 Å². The van der Waals surface area contributed by atoms with Crippen LogP contribution < -0.4 is 4.90 Å². The minimum atomic E-state index is -0.258. The lowest BCUT2D eigenvalue weighted by Crippen LogP contribution is -2.50. The van der Waals surface area contributed by atoms with Gasteiger partial charge in [-0.2, -0.15) is 0 Å². The Kier molecular flexibility index (Phi) is 5.31. The van der Waals surface area contributed by atoms with Crippen LogP contribution in [0.25, 0.3) is 0 Å². The SMILES string of the molecule is CCc1nnc(N2CCN(C(=O)C(C)Cc3ccc(F)cc3)CC2)o1. The molecular weight excluding hydrogens is 323 g/mol. The molecule has 1 aliphatic rings. The normalized spacial score (nSPS) is 16.1. The van der Waals surface area contributed by atoms with E-state index in [0.29, 0.717) is 50.9 Å². The molecule has 0 saturated carbocycles. The van der Waals surface area contributed by atoms with Gasteiger partial charge in [0, 0.05) is 38.5 Å². The number of piperazine rings is 1. The molecule has 3 rings (SSSR count). The number of halogens is 1. The van der Waals surface area contributed by atoms with Crippen LogP contribution in [-0.2, 0) is 17.6 Å². The molecule has 25 heavy (non-hydrogen) atoms. The number of anilines is 1. The smallest absolute Gasteiger partial charge is 0.318 e. The second-order valence-electron chi connectivity index (χ2n) is 6.38. The largest absolute Gasteiger partial charge is 0.408 e. The average molecular weight is 346 g/mol. The second kappa shape index (κ2) is 7.63. The van der Waals surface area contributed by atoms with Crippen LogP contribution in [0, 0.1) is 11.7 Å². The van der Waals surface area contributed by atoms with Gasteiger partial charge in [-0.3, -0.25) is 4.79 Å². The highest BCUT2D eigenvalue weighted by Crippen LogP contribution is 2.17. The van der Waals surface area contributed by atoms with Crippen LogP contribution >= 0.6 is 0 Å². The number of aryl methyl sites for hydroxylation is 1. The molecular formula is C18H23FN4O2. The first-order valence-corrected chi connectivity index (χ1v) is 8.67. The molecule has 1 unspecified atom stereocenters. The molecule has 0 spiro atoms. The molecule has 6 nitrogen and oxygen atoms in total. The van der Waals surface area contributed by atoms with E-state index in [0.717, 1.165) is 5.56 Å². The Labute approximate surface area is 146 Å². The van der Waals surface area contributed by atoms with Gasteiger partial charge < -0.3 is 14.2 Å². The lowest BCUT2D eigenvalue weighted by atomic mass is 9.99. The van der Waals surface area contributed by atoms with Crippen LogP contribution in [0.3, 0.4) is 0 Å². The van der Waals surface area contributed by atoms with Crippen LogP contribution in [0.2, 0.25) is 0 Å². The Bertz CT molecular complexity index is 708. The van der Waals surface area contributed by atoms with E-state index in [9.17, 15) is 9.18 Å². The van der Waals surface area contributed by atoms with Crippen LogP contribution in [0.4, 0.5) is 10.4 Å². The van der Waals surface area contributed by atoms with Crippen molar-refractivity contribution in [3.63, 3.8) is 0 Å². The molecule has 0 radical (unpaired) electrons. The summed E-state index contributed by atoms with van der Waals surface area (Å²) in [4.78, 5) is 16.5. The number of carbonyl (C=O) groups excluding carboxylic acids is 1. The molecule has 2 heterocycles. The van der Waals surface area contributed by atoms with E-state index < -0.39 is 0 Å². The van der Waals surface area contributed by atoms with Crippen LogP contribution in [0.1, 0.15) is 25.3 Å². The Morgan fingerprint density at radius 1 is 1.20 bits per heavy atom. The predicted octanol–water partition coefficient (Wildman–Crippen LogP) is 2.30. The molecule has 1 amide bonds. The standard InChI is InChI=1S/C18H23FN4O2/c1-3-16-20-21-18(25-16)23-10-8-22(9-11-23)17(24)13(2)12-14-4-6-15(19)7-5-14/h4-7,13H,3,8-12H2,1-2H3. The van der Waals surface area contributed by atoms with Crippen LogP contribution in [-0.4, -0.2) is 47.2 Å². The maximum atomic E-state index is 13.0. The predicted molar refractivity (Wildman–Crippen MR) is 91.7 cm³/mol. The molecule has 2 aromatic rings. The fraction of sp³-hybridized carbons (Fsp3) is 0.500. The molecule has 0 N–H and O–H groups in total. The number of aromatic nitrogens is 2. The first-order chi connectivity index (χ1) is 12.1. The number of nitrogens with zero attached hydrogens (tertiary/aromatic N) is 4. The Morgan fingerprint density at radius 3 is 2.48 bits per heavy atom. The lowest BCUT2D eigenvalue weighted by Gasteiger charge is -2.35. The summed E-state index contributed by atoms with van der Waals surface area (Å²) in [6.45, 7) is 6.52. The summed E-state index contributed by atoms with van der Waals surface area (Å²) in [6.07, 6.45) is 1.33. The van der Waals surface area contributed by atoms with E-state index in [4.69, 9.17) is 4.42 Å². The third kappa shape index (κ3) is 4.15. The molecule has 1 fully saturated rings. The molecule has 1 atom stereocenters. The molecule has 134 valence electrons. The number of hydrogen-bond donors (Lipinski definition) is 0. The zero-order valence-electron chi connectivity index (χ0n) is 14.6. The molecule has 1 aromatic carbocycles. The van der Waals surface area contributed by atoms with Crippen molar-refractivity contribution in [1.82, 2.24) is 15.1 Å². The van der Waals surface area contributed by atoms with Crippen molar-refractivity contribution in [1.29, 1.82) is 0 Å². The number of rotatable bonds is 5. The van der Waals surface area contributed by atoms with Crippen molar-refractivity contribution >= 4 is 11.9 Å². The molecule has 0 aliphatic carbocycles. The van der Waals surface area contributed by atoms with Gasteiger partial charge in [-0.05, 0) is 24.1 Å². The maximum absolute atomic E-state index is 13.0. The Balaban J connectivity index is 1.52. The molecule has 0 bridgehead atoms. The summed E-state index contributed by atoms with van der Waals surface area (Å²) in [5, 5.41) is 8.03. The summed E-state index contributed by atoms with van der Waals surface area (Å²) >= 11 is 0. The average Bonchev–Trinajstić information content (AvgIpc) is 3.12. The highest BCUT2D eigenvalue weighted by Gasteiger charge is 2.27. The summed E-state index contributed by atoms with van der Waals surface area (Å²) < 4.78 is 18.6. The summed E-state index contributed by atoms with van der Waals surface area (Å²) in [5.74, 6) is 0.364. The van der Waals surface area contributed by atoms with Gasteiger partial charge in [0.05, 0.1) is 0 Å². The molecule has 1 aliphatic heterocycles. The number of carbonyl (C=O) groups is 1. The van der Waals surface area contributed by atoms with Crippen molar-refractivity contribution in [2.75, 3.05) is 31.1 Å². The summed E-state index contributed by atoms with van der Waals surface area (Å²) in [7, 11) is 0. The van der Waals surface area contributed by atoms with Crippen molar-refractivity contribution in [3.8, 4) is 0 Å². The molecule has 1 saturated heterocycles. The highest BCUT2D eigenvalue weighted by atomic mass is 19.1. The fourth-order valence-electron chi connectivity index (χ4n) is 3.01. The second-order valence-corrected chi connectivity index (χ2v) is 6.38. The van der Waals surface area contributed by atoms with Gasteiger partial charge in [0.1, 0.15) is 5.82 Å². The van der Waals surface area contributed by atoms with E-state index in [-0.39, 0.29) is 17.6 Å². The van der Waals surface area contributed by atoms with E-state index >= 15 is 0 Å². The molecule has 1 aromatic heterocycles. The minimum Gasteiger partial charge on any atom is -0.408 e. The number of hydrogen-bond acceptors (Lipinski definition) is 5. The van der Waals surface area contributed by atoms with E-state index in [1.54, 1.807) is 12.1 Å². The van der Waals surface area contributed by atoms with Crippen molar-refractivity contribution < 1.29 is 13.6 Å². The topological polar surface area (TPSA) is 62.5 Å². The van der Waals surface area contributed by atoms with Gasteiger partial charge >= 0.3 is 6.01 Å². The lowest BCUT2D eigenvalue weighted by molar-refractivity contribution is -0.135. The monoisotopic (exact) mass is 346 g/mol. The first kappa shape index (κ1) is 17.4. The Hall–Kier alpha value is -2.44. The zero-order chi connectivity index (χ0) is 17.8. The third-order valence-electron chi connectivity index (χ3n) is 4.50. The zero-order valence-corrected chi connectivity index (χ0v) is 14.6. The quantitative estimate of drug-likeness (QED) is 0.831. The van der Waals surface area contributed by atoms with Crippen LogP contribution in [0.15, 0.2) is 28.7 Å². The van der Waals surface area contributed by atoms with Crippen molar-refractivity contribution in [2.45, 2.75) is 26.7 Å². The van der Waals surface area contributed by atoms with E-state index in [1.165, 1.54) is 12.1 Å². The molecule has 7 heteroatoms. The maximum Gasteiger partial charge on any atom is 0.318 e. The van der Waals surface area contributed by atoms with E-state index in [1.807, 2.05) is 23.6 Å². The van der Waals surface area contributed by atoms with Crippen LogP contribution in [0.5, 0.6) is 0 Å². The van der Waals surface area contributed by atoms with Gasteiger partial charge in [-0.1, -0.05) is 31.1 Å². The Morgan fingerprint density at radius 2 is 1.88 bits per heavy atom. The highest BCUT2D eigenvalue weighted by molar-refractivity contribution is 5.79.